The molecule has 6 nitrogen and oxygen atoms in total. The highest BCUT2D eigenvalue weighted by molar-refractivity contribution is 7.18. The molecule has 0 radical (unpaired) electrons. The smallest absolute Gasteiger partial charge is 0.348 e. The number of urea groups is 1. The van der Waals surface area contributed by atoms with Crippen LogP contribution >= 0.6 is 11.3 Å². The molecule has 1 fully saturated rings. The molecule has 7 heteroatoms. The molecule has 1 aliphatic rings. The number of carbonyl (C=O) groups excluding carboxylic acids is 2. The lowest BCUT2D eigenvalue weighted by atomic mass is 9.96. The topological polar surface area (TPSA) is 91.2 Å². The number of carbonyl (C=O) groups is 2. The number of hydrogen-bond donors (Lipinski definition) is 2. The van der Waals surface area contributed by atoms with Crippen molar-refractivity contribution in [2.45, 2.75) is 52.0 Å². The van der Waals surface area contributed by atoms with Crippen LogP contribution in [0.5, 0.6) is 0 Å². The maximum atomic E-state index is 12.1. The van der Waals surface area contributed by atoms with E-state index < -0.39 is 5.97 Å². The van der Waals surface area contributed by atoms with Crippen LogP contribution in [0.4, 0.5) is 9.80 Å². The SMILES string of the molecule is CCOC(=O)c1sc(NC(=O)NC2CCCCC2)c(C#N)c1C. The van der Waals surface area contributed by atoms with Crippen LogP contribution in [0.15, 0.2) is 0 Å². The van der Waals surface area contributed by atoms with Gasteiger partial charge in [0.05, 0.1) is 12.2 Å². The van der Waals surface area contributed by atoms with Crippen LogP contribution in [-0.4, -0.2) is 24.6 Å². The fourth-order valence-electron chi connectivity index (χ4n) is 2.70. The summed E-state index contributed by atoms with van der Waals surface area (Å²) in [7, 11) is 0. The zero-order valence-electron chi connectivity index (χ0n) is 13.4. The van der Waals surface area contributed by atoms with Crippen molar-refractivity contribution in [3.8, 4) is 6.07 Å². The number of nitriles is 1. The first-order valence-corrected chi connectivity index (χ1v) is 8.66. The van der Waals surface area contributed by atoms with E-state index in [1.165, 1.54) is 6.42 Å². The van der Waals surface area contributed by atoms with Crippen molar-refractivity contribution in [3.63, 3.8) is 0 Å². The van der Waals surface area contributed by atoms with Crippen molar-refractivity contribution in [3.05, 3.63) is 16.0 Å². The van der Waals surface area contributed by atoms with E-state index in [0.29, 0.717) is 21.0 Å². The highest BCUT2D eigenvalue weighted by Gasteiger charge is 2.23. The Balaban J connectivity index is 2.09. The van der Waals surface area contributed by atoms with Gasteiger partial charge in [-0.3, -0.25) is 5.32 Å². The first-order chi connectivity index (χ1) is 11.1. The van der Waals surface area contributed by atoms with E-state index in [1.54, 1.807) is 13.8 Å². The molecule has 2 N–H and O–H groups in total. The van der Waals surface area contributed by atoms with Crippen LogP contribution in [0.2, 0.25) is 0 Å². The fourth-order valence-corrected chi connectivity index (χ4v) is 3.75. The maximum Gasteiger partial charge on any atom is 0.348 e. The normalized spacial score (nSPS) is 14.8. The third kappa shape index (κ3) is 4.23. The second kappa shape index (κ2) is 7.97. The van der Waals surface area contributed by atoms with E-state index in [0.717, 1.165) is 37.0 Å². The van der Waals surface area contributed by atoms with Gasteiger partial charge in [-0.15, -0.1) is 11.3 Å². The molecule has 0 atom stereocenters. The molecule has 0 aromatic carbocycles. The lowest BCUT2D eigenvalue weighted by Gasteiger charge is -2.22. The van der Waals surface area contributed by atoms with Crippen molar-refractivity contribution in [1.82, 2.24) is 5.32 Å². The molecular weight excluding hydrogens is 314 g/mol. The lowest BCUT2D eigenvalue weighted by Crippen LogP contribution is -2.38. The third-order valence-corrected chi connectivity index (χ3v) is 5.07. The van der Waals surface area contributed by atoms with E-state index in [4.69, 9.17) is 4.74 Å². The summed E-state index contributed by atoms with van der Waals surface area (Å²) >= 11 is 1.08. The average Bonchev–Trinajstić information content (AvgIpc) is 2.84. The highest BCUT2D eigenvalue weighted by atomic mass is 32.1. The summed E-state index contributed by atoms with van der Waals surface area (Å²) in [6.07, 6.45) is 5.43. The molecule has 1 saturated carbocycles. The summed E-state index contributed by atoms with van der Waals surface area (Å²) in [5, 5.41) is 15.3. The second-order valence-corrected chi connectivity index (χ2v) is 6.55. The van der Waals surface area contributed by atoms with Gasteiger partial charge in [0.15, 0.2) is 0 Å². The Labute approximate surface area is 139 Å². The number of amides is 2. The minimum atomic E-state index is -0.466. The van der Waals surface area contributed by atoms with Gasteiger partial charge in [0.2, 0.25) is 0 Å². The number of nitrogens with one attached hydrogen (secondary N) is 2. The number of ether oxygens (including phenoxy) is 1. The van der Waals surface area contributed by atoms with E-state index >= 15 is 0 Å². The number of nitrogens with zero attached hydrogens (tertiary/aromatic N) is 1. The lowest BCUT2D eigenvalue weighted by molar-refractivity contribution is 0.0531. The van der Waals surface area contributed by atoms with Gasteiger partial charge in [0, 0.05) is 6.04 Å². The Morgan fingerprint density at radius 1 is 1.35 bits per heavy atom. The van der Waals surface area contributed by atoms with Gasteiger partial charge in [-0.2, -0.15) is 5.26 Å². The second-order valence-electron chi connectivity index (χ2n) is 5.53. The van der Waals surface area contributed by atoms with Crippen LogP contribution in [0.1, 0.15) is 59.8 Å². The predicted molar refractivity (Wildman–Crippen MR) is 88.8 cm³/mol. The van der Waals surface area contributed by atoms with Crippen molar-refractivity contribution in [1.29, 1.82) is 5.26 Å². The van der Waals surface area contributed by atoms with Crippen LogP contribution in [0.3, 0.4) is 0 Å². The Kier molecular flexibility index (Phi) is 5.99. The summed E-state index contributed by atoms with van der Waals surface area (Å²) in [5.41, 5.74) is 0.862. The number of esters is 1. The summed E-state index contributed by atoms with van der Waals surface area (Å²) < 4.78 is 4.98. The minimum absolute atomic E-state index is 0.180. The molecule has 1 aromatic heterocycles. The number of anilines is 1. The number of thiophene rings is 1. The summed E-state index contributed by atoms with van der Waals surface area (Å²) in [6.45, 7) is 3.68. The molecule has 0 unspecified atom stereocenters. The molecule has 1 aliphatic carbocycles. The van der Waals surface area contributed by atoms with E-state index in [2.05, 4.69) is 16.7 Å². The summed E-state index contributed by atoms with van der Waals surface area (Å²) in [4.78, 5) is 24.4. The van der Waals surface area contributed by atoms with Gasteiger partial charge in [-0.05, 0) is 32.3 Å². The van der Waals surface area contributed by atoms with E-state index in [-0.39, 0.29) is 18.7 Å². The molecule has 0 saturated heterocycles. The van der Waals surface area contributed by atoms with Gasteiger partial charge in [0.25, 0.3) is 0 Å². The molecule has 2 rings (SSSR count). The number of hydrogen-bond acceptors (Lipinski definition) is 5. The van der Waals surface area contributed by atoms with Crippen LogP contribution < -0.4 is 10.6 Å². The summed E-state index contributed by atoms with van der Waals surface area (Å²) in [6, 6.07) is 1.90. The molecule has 23 heavy (non-hydrogen) atoms. The van der Waals surface area contributed by atoms with Crippen molar-refractivity contribution in [2.75, 3.05) is 11.9 Å². The molecule has 1 aromatic rings. The largest absolute Gasteiger partial charge is 0.462 e. The van der Waals surface area contributed by atoms with Crippen LogP contribution in [0.25, 0.3) is 0 Å². The van der Waals surface area contributed by atoms with Crippen LogP contribution in [0, 0.1) is 18.3 Å². The Hall–Kier alpha value is -2.07. The third-order valence-electron chi connectivity index (χ3n) is 3.89. The first-order valence-electron chi connectivity index (χ1n) is 7.85. The van der Waals surface area contributed by atoms with Crippen molar-refractivity contribution in [2.24, 2.45) is 0 Å². The maximum absolute atomic E-state index is 12.1. The van der Waals surface area contributed by atoms with E-state index in [9.17, 15) is 14.9 Å². The monoisotopic (exact) mass is 335 g/mol. The Bertz CT molecular complexity index is 627. The molecule has 0 aliphatic heterocycles. The molecule has 0 spiro atoms. The standard InChI is InChI=1S/C16H21N3O3S/c1-3-22-15(20)13-10(2)12(9-17)14(23-13)19-16(21)18-11-7-5-4-6-8-11/h11H,3-8H2,1-2H3,(H2,18,19,21). The van der Waals surface area contributed by atoms with Gasteiger partial charge >= 0.3 is 12.0 Å². The molecular formula is C16H21N3O3S. The molecule has 1 heterocycles. The predicted octanol–water partition coefficient (Wildman–Crippen LogP) is 3.56. The van der Waals surface area contributed by atoms with Gasteiger partial charge < -0.3 is 10.1 Å². The van der Waals surface area contributed by atoms with Crippen molar-refractivity contribution >= 4 is 28.3 Å². The van der Waals surface area contributed by atoms with E-state index in [1.807, 2.05) is 0 Å². The average molecular weight is 335 g/mol. The summed E-state index contributed by atoms with van der Waals surface area (Å²) in [5.74, 6) is -0.466. The van der Waals surface area contributed by atoms with Gasteiger partial charge in [-0.25, -0.2) is 9.59 Å². The Morgan fingerprint density at radius 3 is 2.65 bits per heavy atom. The van der Waals surface area contributed by atoms with Crippen molar-refractivity contribution < 1.29 is 14.3 Å². The zero-order valence-corrected chi connectivity index (χ0v) is 14.2. The zero-order chi connectivity index (χ0) is 16.8. The van der Waals surface area contributed by atoms with Crippen LogP contribution in [-0.2, 0) is 4.74 Å². The van der Waals surface area contributed by atoms with Gasteiger partial charge in [0.1, 0.15) is 15.9 Å². The van der Waals surface area contributed by atoms with Gasteiger partial charge in [-0.1, -0.05) is 19.3 Å². The number of rotatable bonds is 4. The first kappa shape index (κ1) is 17.3. The highest BCUT2D eigenvalue weighted by Crippen LogP contribution is 2.33. The fraction of sp³-hybridized carbons (Fsp3) is 0.562. The minimum Gasteiger partial charge on any atom is -0.462 e. The quantitative estimate of drug-likeness (QED) is 0.823. The molecule has 2 amide bonds. The Morgan fingerprint density at radius 2 is 2.04 bits per heavy atom. The molecule has 124 valence electrons. The molecule has 0 bridgehead atoms.